The number of hydrogen-bond donors (Lipinski definition) is 0. The van der Waals surface area contributed by atoms with Crippen LogP contribution in [-0.4, -0.2) is 13.4 Å². The van der Waals surface area contributed by atoms with Crippen molar-refractivity contribution in [2.75, 3.05) is 4.90 Å². The molecule has 0 N–H and O–H groups in total. The topological polar surface area (TPSA) is 3.24 Å². The lowest BCUT2D eigenvalue weighted by molar-refractivity contribution is 0.640. The molecule has 1 nitrogen and oxygen atoms in total. The van der Waals surface area contributed by atoms with Crippen molar-refractivity contribution in [3.05, 3.63) is 148 Å². The molecule has 6 aromatic rings. The first-order valence-corrected chi connectivity index (χ1v) is 18.0. The zero-order valence-electron chi connectivity index (χ0n) is 29.9. The minimum Gasteiger partial charge on any atom is -0.313 e. The van der Waals surface area contributed by atoms with Crippen LogP contribution in [0.25, 0.3) is 11.1 Å². The summed E-state index contributed by atoms with van der Waals surface area (Å²) in [4.78, 5) is 2.69. The van der Waals surface area contributed by atoms with Crippen molar-refractivity contribution in [3.63, 3.8) is 0 Å². The van der Waals surface area contributed by atoms with Gasteiger partial charge in [-0.3, -0.25) is 0 Å². The summed E-state index contributed by atoms with van der Waals surface area (Å²) in [5, 5.41) is 0. The molecule has 4 aliphatic heterocycles. The Morgan fingerprint density at radius 3 is 1.37 bits per heavy atom. The molecule has 0 saturated heterocycles. The first-order chi connectivity index (χ1) is 23.5. The Bertz CT molecular complexity index is 2300. The van der Waals surface area contributed by atoms with Crippen LogP contribution >= 0.6 is 0 Å². The van der Waals surface area contributed by atoms with Gasteiger partial charge in [0.05, 0.1) is 0 Å². The van der Waals surface area contributed by atoms with Gasteiger partial charge in [0.25, 0.3) is 0 Å². The molecular weight excluding hydrogens is 588 g/mol. The first kappa shape index (κ1) is 29.2. The van der Waals surface area contributed by atoms with Crippen LogP contribution in [0.4, 0.5) is 17.1 Å². The van der Waals surface area contributed by atoms with E-state index in [4.69, 9.17) is 0 Å². The van der Waals surface area contributed by atoms with E-state index in [2.05, 4.69) is 163 Å². The molecule has 0 spiro atoms. The highest BCUT2D eigenvalue weighted by atomic mass is 15.2. The fourth-order valence-corrected chi connectivity index (χ4v) is 11.0. The van der Waals surface area contributed by atoms with Gasteiger partial charge < -0.3 is 4.90 Å². The van der Waals surface area contributed by atoms with Gasteiger partial charge in [-0.05, 0) is 106 Å². The highest BCUT2D eigenvalue weighted by Gasteiger charge is 2.52. The molecule has 4 aliphatic rings. The normalized spacial score (nSPS) is 16.4. The van der Waals surface area contributed by atoms with Crippen LogP contribution in [0.5, 0.6) is 0 Å². The number of nitrogens with zero attached hydrogens (tertiary/aromatic N) is 1. The second-order valence-electron chi connectivity index (χ2n) is 16.4. The lowest BCUT2D eigenvalue weighted by atomic mass is 9.26. The molecule has 6 aromatic carbocycles. The second kappa shape index (κ2) is 9.48. The summed E-state index contributed by atoms with van der Waals surface area (Å²) in [5.41, 5.74) is 26.5. The Labute approximate surface area is 292 Å². The summed E-state index contributed by atoms with van der Waals surface area (Å²) < 4.78 is 0. The summed E-state index contributed by atoms with van der Waals surface area (Å²) in [7, 11) is 0. The Balaban J connectivity index is 1.41. The third kappa shape index (κ3) is 3.59. The average Bonchev–Trinajstić information content (AvgIpc) is 3.06. The Morgan fingerprint density at radius 1 is 0.469 bits per heavy atom. The number of fused-ring (bicyclic) bond motifs is 8. The van der Waals surface area contributed by atoms with E-state index in [0.717, 1.165) is 0 Å². The van der Waals surface area contributed by atoms with Crippen molar-refractivity contribution < 1.29 is 0 Å². The van der Waals surface area contributed by atoms with E-state index in [1.165, 1.54) is 105 Å². The molecule has 0 unspecified atom stereocenters. The highest BCUT2D eigenvalue weighted by molar-refractivity contribution is 7.03. The fraction of sp³-hybridized carbons (Fsp3) is 0.217. The maximum absolute atomic E-state index is 2.69. The fourth-order valence-electron chi connectivity index (χ4n) is 11.0. The van der Waals surface area contributed by atoms with Gasteiger partial charge in [-0.15, -0.1) is 0 Å². The molecule has 4 heterocycles. The van der Waals surface area contributed by atoms with Gasteiger partial charge in [-0.2, -0.15) is 0 Å². The van der Waals surface area contributed by atoms with Gasteiger partial charge in [-0.25, -0.2) is 0 Å². The molecule has 0 bridgehead atoms. The van der Waals surface area contributed by atoms with E-state index in [1.807, 2.05) is 0 Å². The third-order valence-electron chi connectivity index (χ3n) is 12.6. The molecule has 0 saturated carbocycles. The molecule has 10 rings (SSSR count). The van der Waals surface area contributed by atoms with Crippen molar-refractivity contribution in [3.8, 4) is 11.1 Å². The van der Waals surface area contributed by atoms with Crippen LogP contribution in [0, 0.1) is 27.7 Å². The number of rotatable bonds is 1. The van der Waals surface area contributed by atoms with Gasteiger partial charge in [-0.1, -0.05) is 141 Å². The summed E-state index contributed by atoms with van der Waals surface area (Å²) in [5.74, 6) is 0. The highest BCUT2D eigenvalue weighted by Crippen LogP contribution is 2.47. The van der Waals surface area contributed by atoms with Gasteiger partial charge in [0.2, 0.25) is 13.4 Å². The van der Waals surface area contributed by atoms with Crippen LogP contribution in [0.3, 0.4) is 0 Å². The number of aryl methyl sites for hydroxylation is 4. The zero-order valence-corrected chi connectivity index (χ0v) is 29.9. The van der Waals surface area contributed by atoms with Crippen LogP contribution in [0.1, 0.15) is 72.2 Å². The predicted molar refractivity (Wildman–Crippen MR) is 212 cm³/mol. The Morgan fingerprint density at radius 2 is 0.898 bits per heavy atom. The molecule has 0 aromatic heterocycles. The van der Waals surface area contributed by atoms with Gasteiger partial charge >= 0.3 is 0 Å². The maximum Gasteiger partial charge on any atom is 0.247 e. The number of anilines is 3. The smallest absolute Gasteiger partial charge is 0.247 e. The molecule has 0 amide bonds. The minimum atomic E-state index is -0.111. The largest absolute Gasteiger partial charge is 0.313 e. The molecule has 49 heavy (non-hydrogen) atoms. The molecule has 0 radical (unpaired) electrons. The van der Waals surface area contributed by atoms with Crippen LogP contribution < -0.4 is 37.7 Å². The summed E-state index contributed by atoms with van der Waals surface area (Å²) >= 11 is 0. The lowest BCUT2D eigenvalue weighted by Crippen LogP contribution is -2.70. The first-order valence-electron chi connectivity index (χ1n) is 18.0. The SMILES string of the molecule is Cc1cc(C)cc(-c2cc3c4c(c2)B2c5ccccc5C(C)(C)c5c(C)ccc(c52)N4c2ccc(C)c4c2B3c2ccccc2C4(C)C)c1. The van der Waals surface area contributed by atoms with Gasteiger partial charge in [0, 0.05) is 27.9 Å². The molecule has 236 valence electrons. The van der Waals surface area contributed by atoms with Crippen molar-refractivity contribution in [1.82, 2.24) is 0 Å². The average molecular weight is 629 g/mol. The number of hydrogen-bond acceptors (Lipinski definition) is 1. The Kier molecular flexibility index (Phi) is 5.65. The maximum atomic E-state index is 2.69. The lowest BCUT2D eigenvalue weighted by Gasteiger charge is -2.51. The van der Waals surface area contributed by atoms with Crippen molar-refractivity contribution in [1.29, 1.82) is 0 Å². The van der Waals surface area contributed by atoms with Crippen molar-refractivity contribution in [2.45, 2.75) is 66.2 Å². The van der Waals surface area contributed by atoms with Crippen molar-refractivity contribution in [2.24, 2.45) is 0 Å². The zero-order chi connectivity index (χ0) is 33.7. The monoisotopic (exact) mass is 629 g/mol. The quantitative estimate of drug-likeness (QED) is 0.177. The molecule has 3 heteroatoms. The number of benzene rings is 6. The summed E-state index contributed by atoms with van der Waals surface area (Å²) in [6, 6.07) is 40.4. The van der Waals surface area contributed by atoms with E-state index >= 15 is 0 Å². The summed E-state index contributed by atoms with van der Waals surface area (Å²) in [6.07, 6.45) is 0. The van der Waals surface area contributed by atoms with Crippen molar-refractivity contribution >= 4 is 63.3 Å². The Hall–Kier alpha value is -4.75. The molecule has 0 aliphatic carbocycles. The van der Waals surface area contributed by atoms with Gasteiger partial charge in [0.15, 0.2) is 0 Å². The van der Waals surface area contributed by atoms with Crippen LogP contribution in [0.2, 0.25) is 0 Å². The predicted octanol–water partition coefficient (Wildman–Crippen LogP) is 6.99. The van der Waals surface area contributed by atoms with Gasteiger partial charge in [0.1, 0.15) is 0 Å². The summed E-state index contributed by atoms with van der Waals surface area (Å²) in [6.45, 7) is 19.2. The molecular formula is C46H41B2N. The standard InChI is InChI=1S/C46H41B2N/c1-26-21-27(2)23-30(22-26)31-24-36-44-37(25-31)48-35-16-12-10-14-33(35)46(7,8)41-29(4)18-20-39(43(41)48)49(44)38-19-17-28(3)40-42(38)47(36)34-15-11-9-13-32(34)45(40,5)6/h9-25H,1-8H3. The minimum absolute atomic E-state index is 0.111. The van der Waals surface area contributed by atoms with E-state index in [-0.39, 0.29) is 24.3 Å². The molecule has 0 fully saturated rings. The van der Waals surface area contributed by atoms with Crippen LogP contribution in [-0.2, 0) is 10.8 Å². The van der Waals surface area contributed by atoms with E-state index in [9.17, 15) is 0 Å². The molecule has 0 atom stereocenters. The second-order valence-corrected chi connectivity index (χ2v) is 16.4. The van der Waals surface area contributed by atoms with Crippen LogP contribution in [0.15, 0.2) is 103 Å². The van der Waals surface area contributed by atoms with E-state index in [0.29, 0.717) is 0 Å². The van der Waals surface area contributed by atoms with E-state index < -0.39 is 0 Å². The van der Waals surface area contributed by atoms with E-state index in [1.54, 1.807) is 0 Å². The third-order valence-corrected chi connectivity index (χ3v) is 12.6.